The van der Waals surface area contributed by atoms with Crippen molar-refractivity contribution in [3.05, 3.63) is 53.6 Å². The van der Waals surface area contributed by atoms with Gasteiger partial charge in [0.25, 0.3) is 0 Å². The molecule has 0 unspecified atom stereocenters. The van der Waals surface area contributed by atoms with Gasteiger partial charge in [-0.3, -0.25) is 9.67 Å². The Balaban J connectivity index is 2.27. The molecular formula is C15H12ClFN4. The van der Waals surface area contributed by atoms with Gasteiger partial charge in [-0.05, 0) is 35.9 Å². The number of halogens is 2. The van der Waals surface area contributed by atoms with Gasteiger partial charge in [0.15, 0.2) is 0 Å². The molecule has 1 aromatic carbocycles. The van der Waals surface area contributed by atoms with E-state index in [1.165, 1.54) is 10.7 Å². The number of hydrogen-bond donors (Lipinski definition) is 1. The molecule has 0 atom stereocenters. The number of pyridine rings is 1. The molecule has 0 aliphatic heterocycles. The summed E-state index contributed by atoms with van der Waals surface area (Å²) in [6, 6.07) is 8.11. The molecule has 0 aliphatic carbocycles. The maximum atomic E-state index is 14.2. The van der Waals surface area contributed by atoms with Crippen molar-refractivity contribution in [1.82, 2.24) is 14.8 Å². The molecule has 2 N–H and O–H groups in total. The number of nitrogens with two attached hydrogens (primary N) is 1. The van der Waals surface area contributed by atoms with Gasteiger partial charge in [-0.25, -0.2) is 4.39 Å². The van der Waals surface area contributed by atoms with E-state index in [9.17, 15) is 4.39 Å². The highest BCUT2D eigenvalue weighted by atomic mass is 35.5. The van der Waals surface area contributed by atoms with Crippen molar-refractivity contribution in [2.75, 3.05) is 5.73 Å². The fourth-order valence-corrected chi connectivity index (χ4v) is 2.37. The summed E-state index contributed by atoms with van der Waals surface area (Å²) in [6.07, 6.45) is 3.31. The van der Waals surface area contributed by atoms with Crippen LogP contribution in [0.1, 0.15) is 0 Å². The zero-order chi connectivity index (χ0) is 15.0. The Labute approximate surface area is 126 Å². The van der Waals surface area contributed by atoms with Crippen LogP contribution in [0.25, 0.3) is 22.4 Å². The molecule has 0 spiro atoms. The zero-order valence-corrected chi connectivity index (χ0v) is 12.0. The first-order valence-electron chi connectivity index (χ1n) is 6.26. The minimum atomic E-state index is -0.434. The van der Waals surface area contributed by atoms with E-state index in [0.717, 1.165) is 5.56 Å². The number of hydrogen-bond acceptors (Lipinski definition) is 3. The number of anilines is 1. The summed E-state index contributed by atoms with van der Waals surface area (Å²) in [5, 5.41) is 4.67. The van der Waals surface area contributed by atoms with E-state index in [4.69, 9.17) is 17.3 Å². The predicted octanol–water partition coefficient (Wildman–Crippen LogP) is 3.52. The van der Waals surface area contributed by atoms with Crippen molar-refractivity contribution in [2.45, 2.75) is 0 Å². The van der Waals surface area contributed by atoms with Crippen LogP contribution in [-0.4, -0.2) is 14.8 Å². The molecule has 0 amide bonds. The summed E-state index contributed by atoms with van der Waals surface area (Å²) in [7, 11) is 1.72. The quantitative estimate of drug-likeness (QED) is 0.788. The Bertz CT molecular complexity index is 799. The number of aryl methyl sites for hydroxylation is 1. The first-order valence-corrected chi connectivity index (χ1v) is 6.64. The summed E-state index contributed by atoms with van der Waals surface area (Å²) in [5.41, 5.74) is 8.44. The van der Waals surface area contributed by atoms with Crippen LogP contribution >= 0.6 is 11.6 Å². The highest BCUT2D eigenvalue weighted by Crippen LogP contribution is 2.37. The highest BCUT2D eigenvalue weighted by Gasteiger charge is 2.19. The van der Waals surface area contributed by atoms with E-state index >= 15 is 0 Å². The van der Waals surface area contributed by atoms with Crippen LogP contribution in [-0.2, 0) is 7.05 Å². The lowest BCUT2D eigenvalue weighted by molar-refractivity contribution is 0.630. The van der Waals surface area contributed by atoms with Crippen molar-refractivity contribution in [1.29, 1.82) is 0 Å². The van der Waals surface area contributed by atoms with Crippen LogP contribution in [0.3, 0.4) is 0 Å². The third-order valence-electron chi connectivity index (χ3n) is 3.25. The van der Waals surface area contributed by atoms with E-state index in [-0.39, 0.29) is 0 Å². The number of nitrogen functional groups attached to an aromatic ring is 1. The van der Waals surface area contributed by atoms with E-state index in [1.54, 1.807) is 31.6 Å². The molecule has 3 aromatic rings. The van der Waals surface area contributed by atoms with E-state index in [0.29, 0.717) is 27.7 Å². The van der Waals surface area contributed by atoms with Crippen LogP contribution < -0.4 is 5.73 Å². The summed E-state index contributed by atoms with van der Waals surface area (Å²) in [6.45, 7) is 0. The number of rotatable bonds is 2. The van der Waals surface area contributed by atoms with Gasteiger partial charge in [0, 0.05) is 30.0 Å². The lowest BCUT2D eigenvalue weighted by Crippen LogP contribution is -1.97. The Morgan fingerprint density at radius 2 is 1.90 bits per heavy atom. The fraction of sp³-hybridized carbons (Fsp3) is 0.0667. The van der Waals surface area contributed by atoms with Crippen LogP contribution in [0.4, 0.5) is 10.2 Å². The number of benzene rings is 1. The first-order chi connectivity index (χ1) is 10.1. The second-order valence-electron chi connectivity index (χ2n) is 4.59. The predicted molar refractivity (Wildman–Crippen MR) is 81.3 cm³/mol. The summed E-state index contributed by atoms with van der Waals surface area (Å²) >= 11 is 5.80. The molecular weight excluding hydrogens is 291 g/mol. The maximum absolute atomic E-state index is 14.2. The van der Waals surface area contributed by atoms with Crippen LogP contribution in [0, 0.1) is 5.82 Å². The van der Waals surface area contributed by atoms with Crippen LogP contribution in [0.5, 0.6) is 0 Å². The zero-order valence-electron chi connectivity index (χ0n) is 11.2. The van der Waals surface area contributed by atoms with Gasteiger partial charge >= 0.3 is 0 Å². The maximum Gasteiger partial charge on any atom is 0.134 e. The molecule has 21 heavy (non-hydrogen) atoms. The molecule has 6 heteroatoms. The number of nitrogens with zero attached hydrogens (tertiary/aromatic N) is 3. The first kappa shape index (κ1) is 13.6. The third-order valence-corrected chi connectivity index (χ3v) is 3.48. The van der Waals surface area contributed by atoms with E-state index < -0.39 is 5.82 Å². The van der Waals surface area contributed by atoms with Crippen molar-refractivity contribution < 1.29 is 4.39 Å². The lowest BCUT2D eigenvalue weighted by atomic mass is 10.0. The van der Waals surface area contributed by atoms with Gasteiger partial charge in [0.1, 0.15) is 17.3 Å². The molecule has 3 rings (SSSR count). The normalized spacial score (nSPS) is 10.8. The topological polar surface area (TPSA) is 56.7 Å². The van der Waals surface area contributed by atoms with Crippen molar-refractivity contribution in [3.8, 4) is 22.4 Å². The molecule has 0 aliphatic rings. The Kier molecular flexibility index (Phi) is 3.35. The Morgan fingerprint density at radius 1 is 1.19 bits per heavy atom. The second kappa shape index (κ2) is 5.18. The SMILES string of the molecule is Cn1nc(-c2ccc(Cl)cc2F)c(-c2ccncc2)c1N. The minimum Gasteiger partial charge on any atom is -0.383 e. The van der Waals surface area contributed by atoms with Gasteiger partial charge in [-0.1, -0.05) is 11.6 Å². The average Bonchev–Trinajstić information content (AvgIpc) is 2.75. The Hall–Kier alpha value is -2.40. The largest absolute Gasteiger partial charge is 0.383 e. The van der Waals surface area contributed by atoms with Gasteiger partial charge in [-0.2, -0.15) is 5.10 Å². The standard InChI is InChI=1S/C15H12ClFN4/c1-21-15(18)13(9-4-6-19-7-5-9)14(20-21)11-3-2-10(16)8-12(11)17/h2-8H,18H2,1H3. The van der Waals surface area contributed by atoms with Crippen LogP contribution in [0.2, 0.25) is 5.02 Å². The molecule has 0 radical (unpaired) electrons. The molecule has 2 aromatic heterocycles. The van der Waals surface area contributed by atoms with Crippen molar-refractivity contribution in [2.24, 2.45) is 7.05 Å². The molecule has 2 heterocycles. The van der Waals surface area contributed by atoms with E-state index in [1.807, 2.05) is 12.1 Å². The molecule has 106 valence electrons. The molecule has 0 fully saturated rings. The van der Waals surface area contributed by atoms with Crippen molar-refractivity contribution in [3.63, 3.8) is 0 Å². The molecule has 4 nitrogen and oxygen atoms in total. The lowest BCUT2D eigenvalue weighted by Gasteiger charge is -2.05. The smallest absolute Gasteiger partial charge is 0.134 e. The van der Waals surface area contributed by atoms with Crippen molar-refractivity contribution >= 4 is 17.4 Å². The van der Waals surface area contributed by atoms with Gasteiger partial charge in [0.05, 0.1) is 5.56 Å². The number of aromatic nitrogens is 3. The van der Waals surface area contributed by atoms with Gasteiger partial charge < -0.3 is 5.73 Å². The second-order valence-corrected chi connectivity index (χ2v) is 5.03. The van der Waals surface area contributed by atoms with Gasteiger partial charge in [0.2, 0.25) is 0 Å². The molecule has 0 saturated heterocycles. The summed E-state index contributed by atoms with van der Waals surface area (Å²) in [5.74, 6) is 0.0291. The molecule has 0 saturated carbocycles. The Morgan fingerprint density at radius 3 is 2.57 bits per heavy atom. The monoisotopic (exact) mass is 302 g/mol. The van der Waals surface area contributed by atoms with Gasteiger partial charge in [-0.15, -0.1) is 0 Å². The van der Waals surface area contributed by atoms with Crippen LogP contribution in [0.15, 0.2) is 42.7 Å². The highest BCUT2D eigenvalue weighted by molar-refractivity contribution is 6.30. The minimum absolute atomic E-state index is 0.339. The summed E-state index contributed by atoms with van der Waals surface area (Å²) < 4.78 is 15.7. The molecule has 0 bridgehead atoms. The average molecular weight is 303 g/mol. The van der Waals surface area contributed by atoms with E-state index in [2.05, 4.69) is 10.1 Å². The third kappa shape index (κ3) is 2.36. The fourth-order valence-electron chi connectivity index (χ4n) is 2.21. The summed E-state index contributed by atoms with van der Waals surface area (Å²) in [4.78, 5) is 3.98.